The van der Waals surface area contributed by atoms with Crippen LogP contribution in [0.5, 0.6) is 0 Å². The highest BCUT2D eigenvalue weighted by molar-refractivity contribution is 7.94. The number of aryl methyl sites for hydroxylation is 2. The first-order valence-corrected chi connectivity index (χ1v) is 33.0. The Bertz CT molecular complexity index is 4070. The molecule has 0 spiro atoms. The number of pyridine rings is 2. The molecule has 2 aliphatic heterocycles. The van der Waals surface area contributed by atoms with Crippen molar-refractivity contribution >= 4 is 90.6 Å². The number of nitrogens with one attached hydrogen (secondary N) is 1. The molecular formula is C54H61ClN12O8S4. The van der Waals surface area contributed by atoms with Gasteiger partial charge in [-0.25, -0.2) is 63.1 Å². The summed E-state index contributed by atoms with van der Waals surface area (Å²) in [5.74, 6) is 2.50. The molecule has 2 unspecified atom stereocenters. The molecule has 0 bridgehead atoms. The van der Waals surface area contributed by atoms with Crippen LogP contribution < -0.4 is 9.80 Å². The smallest absolute Gasteiger partial charge is 0.269 e. The van der Waals surface area contributed by atoms with Crippen molar-refractivity contribution in [3.63, 3.8) is 0 Å². The molecular weight excluding hydrogens is 1110 g/mol. The average molecular weight is 1170 g/mol. The zero-order valence-electron chi connectivity index (χ0n) is 44.5. The van der Waals surface area contributed by atoms with E-state index in [1.807, 2.05) is 13.8 Å². The van der Waals surface area contributed by atoms with Gasteiger partial charge in [-0.15, -0.1) is 0 Å². The number of ether oxygens (including phenoxy) is 2. The zero-order chi connectivity index (χ0) is 56.0. The minimum atomic E-state index is -3.87. The number of aromatic nitrogens is 8. The van der Waals surface area contributed by atoms with Crippen LogP contribution >= 0.6 is 11.6 Å². The molecule has 0 radical (unpaired) electrons. The van der Waals surface area contributed by atoms with Crippen molar-refractivity contribution < 1.29 is 34.7 Å². The first-order valence-electron chi connectivity index (χ1n) is 25.7. The Kier molecular flexibility index (Phi) is 15.7. The lowest BCUT2D eigenvalue weighted by atomic mass is 10.1. The van der Waals surface area contributed by atoms with E-state index in [-0.39, 0.29) is 38.0 Å². The molecule has 4 fully saturated rings. The van der Waals surface area contributed by atoms with Gasteiger partial charge in [-0.3, -0.25) is 4.78 Å². The van der Waals surface area contributed by atoms with Crippen LogP contribution in [-0.2, 0) is 49.0 Å². The number of hydrogen-bond donors (Lipinski definition) is 1. The van der Waals surface area contributed by atoms with Gasteiger partial charge >= 0.3 is 0 Å². The predicted octanol–water partition coefficient (Wildman–Crippen LogP) is 8.90. The molecule has 79 heavy (non-hydrogen) atoms. The highest BCUT2D eigenvalue weighted by atomic mass is 35.5. The summed E-state index contributed by atoms with van der Waals surface area (Å²) in [5.41, 5.74) is 3.80. The van der Waals surface area contributed by atoms with Crippen molar-refractivity contribution in [2.24, 2.45) is 4.36 Å². The molecule has 1 N–H and O–H groups in total. The van der Waals surface area contributed by atoms with E-state index in [9.17, 15) is 25.3 Å². The molecule has 2 aromatic carbocycles. The van der Waals surface area contributed by atoms with E-state index in [0.29, 0.717) is 101 Å². The number of fused-ring (bicyclic) bond motifs is 2. The Hall–Kier alpha value is -6.41. The van der Waals surface area contributed by atoms with E-state index in [1.54, 1.807) is 104 Å². The lowest BCUT2D eigenvalue weighted by Crippen LogP contribution is -2.44. The van der Waals surface area contributed by atoms with Crippen molar-refractivity contribution in [2.45, 2.75) is 85.8 Å². The van der Waals surface area contributed by atoms with Crippen LogP contribution in [0.2, 0.25) is 5.15 Å². The van der Waals surface area contributed by atoms with Crippen LogP contribution in [-0.4, -0.2) is 138 Å². The van der Waals surface area contributed by atoms with Crippen LogP contribution in [0.25, 0.3) is 44.8 Å². The molecule has 2 saturated heterocycles. The number of morpholine rings is 2. The monoisotopic (exact) mass is 1170 g/mol. The van der Waals surface area contributed by atoms with Gasteiger partial charge in [0.05, 0.1) is 58.0 Å². The molecule has 4 aliphatic rings. The minimum Gasteiger partial charge on any atom is -0.377 e. The summed E-state index contributed by atoms with van der Waals surface area (Å²) in [6.07, 6.45) is 13.1. The highest BCUT2D eigenvalue weighted by Crippen LogP contribution is 2.36. The number of nitrogens with zero attached hydrogens (tertiary/aromatic N) is 11. The molecule has 12 rings (SSSR count). The summed E-state index contributed by atoms with van der Waals surface area (Å²) < 4.78 is 102. The fourth-order valence-electron chi connectivity index (χ4n) is 9.28. The summed E-state index contributed by atoms with van der Waals surface area (Å²) in [6.45, 7) is 11.6. The lowest BCUT2D eigenvalue weighted by Gasteiger charge is -2.34. The Morgan fingerprint density at radius 3 is 1.46 bits per heavy atom. The maximum absolute atomic E-state index is 13.5. The van der Waals surface area contributed by atoms with E-state index >= 15 is 0 Å². The molecule has 20 nitrogen and oxygen atoms in total. The predicted molar refractivity (Wildman–Crippen MR) is 308 cm³/mol. The van der Waals surface area contributed by atoms with Crippen LogP contribution in [0.15, 0.2) is 124 Å². The minimum absolute atomic E-state index is 0.0790. The van der Waals surface area contributed by atoms with Crippen LogP contribution in [0.4, 0.5) is 17.5 Å². The normalized spacial score (nSPS) is 19.4. The third kappa shape index (κ3) is 12.2. The Morgan fingerprint density at radius 2 is 1.04 bits per heavy atom. The summed E-state index contributed by atoms with van der Waals surface area (Å²) in [5, 5.41) is 1.84. The summed E-state index contributed by atoms with van der Waals surface area (Å²) >= 11 is 6.36. The van der Waals surface area contributed by atoms with Gasteiger partial charge in [0.25, 0.3) is 20.0 Å². The van der Waals surface area contributed by atoms with Crippen LogP contribution in [0, 0.1) is 18.6 Å². The van der Waals surface area contributed by atoms with Crippen LogP contribution in [0.1, 0.15) is 50.7 Å². The van der Waals surface area contributed by atoms with Gasteiger partial charge in [0.15, 0.2) is 28.8 Å². The van der Waals surface area contributed by atoms with E-state index in [2.05, 4.69) is 43.0 Å². The fourth-order valence-corrected chi connectivity index (χ4v) is 14.7. The zero-order valence-corrected chi connectivity index (χ0v) is 48.5. The molecule has 8 aromatic rings. The molecule has 8 heterocycles. The fraction of sp³-hybridized carbons (Fsp3) is 0.370. The molecule has 2 aliphatic carbocycles. The Morgan fingerprint density at radius 1 is 0.595 bits per heavy atom. The second-order valence-corrected chi connectivity index (χ2v) is 29.4. The van der Waals surface area contributed by atoms with Gasteiger partial charge in [-0.2, -0.15) is 4.36 Å². The number of benzene rings is 2. The number of halogens is 1. The van der Waals surface area contributed by atoms with E-state index in [4.69, 9.17) is 40.8 Å². The summed E-state index contributed by atoms with van der Waals surface area (Å²) in [6, 6.07) is 24.1. The second kappa shape index (κ2) is 22.3. The third-order valence-electron chi connectivity index (χ3n) is 14.0. The van der Waals surface area contributed by atoms with Crippen molar-refractivity contribution in [3.05, 3.63) is 126 Å². The summed E-state index contributed by atoms with van der Waals surface area (Å²) in [7, 11) is -12.3. The van der Waals surface area contributed by atoms with Crippen LogP contribution in [0.3, 0.4) is 0 Å². The SMILES string of the molecule is CS(=N)(=O)C1CC1.Cc1ccc(S(=O)(=O)n2ccc3c(-c4nc(Cl)cc(N5CCOC[C@H]5C)n4)ccnc32)cc1.Cc1ccc(S(=O)(=O)n2ccc3c(-c4nc(N=S(C)(=O)C5CC5)cc(N5CCOC[C@H]5C)n4)ccnc32)cc1. The lowest BCUT2D eigenvalue weighted by molar-refractivity contribution is 0.0985. The molecule has 25 heteroatoms. The van der Waals surface area contributed by atoms with Crippen molar-refractivity contribution in [1.82, 2.24) is 37.8 Å². The highest BCUT2D eigenvalue weighted by Gasteiger charge is 2.32. The van der Waals surface area contributed by atoms with Crippen molar-refractivity contribution in [3.8, 4) is 22.8 Å². The molecule has 4 atom stereocenters. The van der Waals surface area contributed by atoms with E-state index < -0.39 is 39.5 Å². The van der Waals surface area contributed by atoms with E-state index in [1.165, 1.54) is 26.6 Å². The van der Waals surface area contributed by atoms with E-state index in [0.717, 1.165) is 36.8 Å². The Balaban J connectivity index is 0.000000160. The summed E-state index contributed by atoms with van der Waals surface area (Å²) in [4.78, 5) is 32.2. The molecule has 0 amide bonds. The first-order chi connectivity index (χ1) is 37.6. The van der Waals surface area contributed by atoms with Gasteiger partial charge in [0, 0.05) is 105 Å². The Labute approximate surface area is 465 Å². The second-order valence-electron chi connectivity index (χ2n) is 20.3. The quantitative estimate of drug-likeness (QED) is 0.119. The van der Waals surface area contributed by atoms with Gasteiger partial charge in [0.1, 0.15) is 16.8 Å². The number of hydrogen-bond acceptors (Lipinski definition) is 18. The molecule has 416 valence electrons. The van der Waals surface area contributed by atoms with Gasteiger partial charge in [-0.1, -0.05) is 47.0 Å². The van der Waals surface area contributed by atoms with Gasteiger partial charge < -0.3 is 19.3 Å². The first kappa shape index (κ1) is 55.9. The third-order valence-corrected chi connectivity index (χ3v) is 21.6. The maximum atomic E-state index is 13.5. The van der Waals surface area contributed by atoms with Crippen molar-refractivity contribution in [1.29, 1.82) is 4.78 Å². The molecule has 6 aromatic heterocycles. The standard InChI is InChI=1S/C27H30N6O4S2.C23H22ClN5O3S.C4H9NOS/c1-18-4-6-21(7-5-18)39(35,36)33-13-11-23-22(10-12-28-27(23)33)26-29-24(31-38(3,34)20-8-9-20)16-25(30-26)32-14-15-37-17-19(32)2;1-15-3-5-17(6-4-15)33(30,31)29-10-8-19-18(7-9-25-23(19)29)22-26-20(24)13-21(27-22)28-11-12-32-14-16(28)2;1-7(5,6)4-2-3-4/h4-7,10-13,16,19-20H,8-9,14-15,17H2,1-3H3;3-10,13,16H,11-12,14H2,1-2H3;4-5H,2-3H2,1H3/t19-,38?;16-;/m11./s1. The number of anilines is 2. The topological polar surface area (TPSA) is 251 Å². The number of rotatable bonds is 11. The largest absolute Gasteiger partial charge is 0.377 e. The molecule has 2 saturated carbocycles. The average Bonchev–Trinajstić information content (AvgIpc) is 4.55. The van der Waals surface area contributed by atoms with Gasteiger partial charge in [0.2, 0.25) is 0 Å². The van der Waals surface area contributed by atoms with Gasteiger partial charge in [-0.05, 0) is 102 Å². The van der Waals surface area contributed by atoms with Crippen molar-refractivity contribution in [2.75, 3.05) is 61.8 Å². The maximum Gasteiger partial charge on any atom is 0.269 e.